The van der Waals surface area contributed by atoms with Gasteiger partial charge in [-0.05, 0) is 25.8 Å². The van der Waals surface area contributed by atoms with Gasteiger partial charge in [0.2, 0.25) is 5.91 Å². The molecule has 1 rings (SSSR count). The third kappa shape index (κ3) is 2.66. The fourth-order valence-corrected chi connectivity index (χ4v) is 1.33. The van der Waals surface area contributed by atoms with Crippen molar-refractivity contribution < 1.29 is 4.79 Å². The number of hydrogen-bond donors (Lipinski definition) is 2. The molecular weight excluding hydrogens is 152 g/mol. The lowest BCUT2D eigenvalue weighted by molar-refractivity contribution is -0.124. The minimum absolute atomic E-state index is 0.0266. The maximum absolute atomic E-state index is 11.2. The molecule has 0 aromatic rings. The quantitative estimate of drug-likeness (QED) is 0.472. The minimum Gasteiger partial charge on any atom is -0.355 e. The molecule has 0 radical (unpaired) electrons. The van der Waals surface area contributed by atoms with Gasteiger partial charge in [-0.15, -0.1) is 6.58 Å². The molecule has 0 aromatic carbocycles. The molecule has 0 bridgehead atoms. The fourth-order valence-electron chi connectivity index (χ4n) is 1.33. The van der Waals surface area contributed by atoms with Crippen LogP contribution in [0.25, 0.3) is 0 Å². The molecule has 0 saturated carbocycles. The average molecular weight is 168 g/mol. The van der Waals surface area contributed by atoms with E-state index < -0.39 is 0 Å². The summed E-state index contributed by atoms with van der Waals surface area (Å²) in [6, 6.07) is 0.0266. The van der Waals surface area contributed by atoms with Gasteiger partial charge in [-0.3, -0.25) is 4.79 Å². The molecule has 1 unspecified atom stereocenters. The van der Waals surface area contributed by atoms with E-state index in [9.17, 15) is 4.79 Å². The van der Waals surface area contributed by atoms with E-state index in [4.69, 9.17) is 0 Å². The van der Waals surface area contributed by atoms with Gasteiger partial charge in [-0.2, -0.15) is 0 Å². The molecule has 12 heavy (non-hydrogen) atoms. The first-order valence-corrected chi connectivity index (χ1v) is 4.46. The van der Waals surface area contributed by atoms with Crippen molar-refractivity contribution in [3.63, 3.8) is 0 Å². The number of amides is 1. The topological polar surface area (TPSA) is 41.1 Å². The molecule has 0 aromatic heterocycles. The molecule has 68 valence electrons. The van der Waals surface area contributed by atoms with Crippen molar-refractivity contribution in [2.45, 2.75) is 25.3 Å². The lowest BCUT2D eigenvalue weighted by Crippen LogP contribution is -2.48. The predicted octanol–water partition coefficient (Wildman–Crippen LogP) is 0.431. The van der Waals surface area contributed by atoms with E-state index in [1.54, 1.807) is 0 Å². The second-order valence-electron chi connectivity index (χ2n) is 3.02. The summed E-state index contributed by atoms with van der Waals surface area (Å²) in [6.07, 6.45) is 4.82. The predicted molar refractivity (Wildman–Crippen MR) is 48.8 cm³/mol. The summed E-state index contributed by atoms with van der Waals surface area (Å²) < 4.78 is 0. The highest BCUT2D eigenvalue weighted by molar-refractivity contribution is 5.82. The summed E-state index contributed by atoms with van der Waals surface area (Å²) >= 11 is 0. The Labute approximate surface area is 73.2 Å². The second-order valence-corrected chi connectivity index (χ2v) is 3.02. The van der Waals surface area contributed by atoms with Crippen molar-refractivity contribution in [3.05, 3.63) is 12.7 Å². The fraction of sp³-hybridized carbons (Fsp3) is 0.667. The number of carbonyl (C=O) groups excluding carboxylic acids is 1. The maximum atomic E-state index is 11.2. The number of piperidine rings is 1. The summed E-state index contributed by atoms with van der Waals surface area (Å²) in [5, 5.41) is 6.02. The molecule has 1 saturated heterocycles. The van der Waals surface area contributed by atoms with Gasteiger partial charge in [-0.25, -0.2) is 0 Å². The molecule has 1 heterocycles. The monoisotopic (exact) mass is 168 g/mol. The van der Waals surface area contributed by atoms with Crippen LogP contribution in [0.5, 0.6) is 0 Å². The molecule has 2 N–H and O–H groups in total. The Bertz CT molecular complexity index is 168. The minimum atomic E-state index is 0.0266. The Hall–Kier alpha value is -0.830. The molecular formula is C9H16N2O. The maximum Gasteiger partial charge on any atom is 0.237 e. The van der Waals surface area contributed by atoms with Crippen LogP contribution >= 0.6 is 0 Å². The smallest absolute Gasteiger partial charge is 0.237 e. The Morgan fingerprint density at radius 3 is 3.25 bits per heavy atom. The van der Waals surface area contributed by atoms with E-state index >= 15 is 0 Å². The van der Waals surface area contributed by atoms with Crippen LogP contribution in [0.4, 0.5) is 0 Å². The van der Waals surface area contributed by atoms with Crippen molar-refractivity contribution in [3.8, 4) is 0 Å². The highest BCUT2D eigenvalue weighted by Crippen LogP contribution is 2.02. The molecule has 3 nitrogen and oxygen atoms in total. The molecule has 1 aliphatic heterocycles. The Kier molecular flexibility index (Phi) is 3.80. The highest BCUT2D eigenvalue weighted by Gasteiger charge is 2.20. The van der Waals surface area contributed by atoms with E-state index in [2.05, 4.69) is 17.2 Å². The SMILES string of the molecule is C=CCCNC1CCCNC1=O. The van der Waals surface area contributed by atoms with Crippen molar-refractivity contribution in [1.82, 2.24) is 10.6 Å². The summed E-state index contributed by atoms with van der Waals surface area (Å²) in [5.41, 5.74) is 0. The molecule has 1 aliphatic rings. The molecule has 3 heteroatoms. The number of nitrogens with one attached hydrogen (secondary N) is 2. The third-order valence-electron chi connectivity index (χ3n) is 2.02. The van der Waals surface area contributed by atoms with Crippen LogP contribution < -0.4 is 10.6 Å². The first-order valence-electron chi connectivity index (χ1n) is 4.46. The lowest BCUT2D eigenvalue weighted by atomic mass is 10.1. The summed E-state index contributed by atoms with van der Waals surface area (Å²) in [5.74, 6) is 0.144. The van der Waals surface area contributed by atoms with Crippen LogP contribution in [0.15, 0.2) is 12.7 Å². The zero-order chi connectivity index (χ0) is 8.81. The molecule has 1 fully saturated rings. The summed E-state index contributed by atoms with van der Waals surface area (Å²) in [4.78, 5) is 11.2. The van der Waals surface area contributed by atoms with Gasteiger partial charge >= 0.3 is 0 Å². The van der Waals surface area contributed by atoms with Crippen LogP contribution in [0, 0.1) is 0 Å². The van der Waals surface area contributed by atoms with Crippen molar-refractivity contribution >= 4 is 5.91 Å². The number of carbonyl (C=O) groups is 1. The number of rotatable bonds is 4. The van der Waals surface area contributed by atoms with Gasteiger partial charge in [0, 0.05) is 6.54 Å². The highest BCUT2D eigenvalue weighted by atomic mass is 16.2. The van der Waals surface area contributed by atoms with Gasteiger partial charge in [0.1, 0.15) is 0 Å². The van der Waals surface area contributed by atoms with E-state index in [0.717, 1.165) is 32.4 Å². The second kappa shape index (κ2) is 4.93. The first-order chi connectivity index (χ1) is 5.84. The van der Waals surface area contributed by atoms with Crippen LogP contribution in [0.2, 0.25) is 0 Å². The van der Waals surface area contributed by atoms with E-state index in [0.29, 0.717) is 0 Å². The largest absolute Gasteiger partial charge is 0.355 e. The van der Waals surface area contributed by atoms with E-state index in [1.165, 1.54) is 0 Å². The third-order valence-corrected chi connectivity index (χ3v) is 2.02. The molecule has 1 amide bonds. The van der Waals surface area contributed by atoms with Crippen LogP contribution in [-0.2, 0) is 4.79 Å². The summed E-state index contributed by atoms with van der Waals surface area (Å²) in [7, 11) is 0. The number of hydrogen-bond acceptors (Lipinski definition) is 2. The van der Waals surface area contributed by atoms with Gasteiger partial charge < -0.3 is 10.6 Å². The van der Waals surface area contributed by atoms with Crippen molar-refractivity contribution in [1.29, 1.82) is 0 Å². The summed E-state index contributed by atoms with van der Waals surface area (Å²) in [6.45, 7) is 5.30. The Morgan fingerprint density at radius 2 is 2.58 bits per heavy atom. The van der Waals surface area contributed by atoms with Gasteiger partial charge in [0.25, 0.3) is 0 Å². The van der Waals surface area contributed by atoms with Crippen molar-refractivity contribution in [2.24, 2.45) is 0 Å². The van der Waals surface area contributed by atoms with Gasteiger partial charge in [0.05, 0.1) is 6.04 Å². The van der Waals surface area contributed by atoms with Crippen LogP contribution in [-0.4, -0.2) is 25.0 Å². The van der Waals surface area contributed by atoms with Gasteiger partial charge in [-0.1, -0.05) is 6.08 Å². The van der Waals surface area contributed by atoms with E-state index in [-0.39, 0.29) is 11.9 Å². The normalized spacial score (nSPS) is 23.3. The standard InChI is InChI=1S/C9H16N2O/c1-2-3-6-10-8-5-4-7-11-9(8)12/h2,8,10H,1,3-7H2,(H,11,12). The van der Waals surface area contributed by atoms with Crippen LogP contribution in [0.1, 0.15) is 19.3 Å². The zero-order valence-electron chi connectivity index (χ0n) is 7.31. The Balaban J connectivity index is 2.20. The Morgan fingerprint density at radius 1 is 1.75 bits per heavy atom. The van der Waals surface area contributed by atoms with Crippen molar-refractivity contribution in [2.75, 3.05) is 13.1 Å². The average Bonchev–Trinajstić information content (AvgIpc) is 2.09. The first kappa shape index (κ1) is 9.26. The molecule has 1 atom stereocenters. The van der Waals surface area contributed by atoms with Gasteiger partial charge in [0.15, 0.2) is 0 Å². The molecule has 0 spiro atoms. The lowest BCUT2D eigenvalue weighted by Gasteiger charge is -2.22. The molecule has 0 aliphatic carbocycles. The van der Waals surface area contributed by atoms with E-state index in [1.807, 2.05) is 6.08 Å². The van der Waals surface area contributed by atoms with Crippen LogP contribution in [0.3, 0.4) is 0 Å². The zero-order valence-corrected chi connectivity index (χ0v) is 7.31.